The minimum atomic E-state index is 0.556. The standard InChI is InChI=1S/C9H16N4/c1-7-11-9-8(6-10-2)4-3-5-13(9)12-7/h8,10H,3-6H2,1-2H3. The fourth-order valence-electron chi connectivity index (χ4n) is 1.99. The van der Waals surface area contributed by atoms with Gasteiger partial charge in [0.1, 0.15) is 11.6 Å². The molecule has 2 rings (SSSR count). The minimum Gasteiger partial charge on any atom is -0.319 e. The molecule has 0 saturated heterocycles. The van der Waals surface area contributed by atoms with E-state index in [2.05, 4.69) is 20.1 Å². The Morgan fingerprint density at radius 1 is 1.62 bits per heavy atom. The van der Waals surface area contributed by atoms with Crippen LogP contribution in [0.4, 0.5) is 0 Å². The quantitative estimate of drug-likeness (QED) is 0.728. The number of aromatic nitrogens is 3. The van der Waals surface area contributed by atoms with Crippen LogP contribution in [0.2, 0.25) is 0 Å². The Morgan fingerprint density at radius 2 is 2.46 bits per heavy atom. The largest absolute Gasteiger partial charge is 0.319 e. The maximum Gasteiger partial charge on any atom is 0.147 e. The van der Waals surface area contributed by atoms with Crippen molar-refractivity contribution < 1.29 is 0 Å². The highest BCUT2D eigenvalue weighted by molar-refractivity contribution is 5.02. The van der Waals surface area contributed by atoms with Gasteiger partial charge >= 0.3 is 0 Å². The number of aryl methyl sites for hydroxylation is 2. The van der Waals surface area contributed by atoms with Crippen LogP contribution in [-0.2, 0) is 6.54 Å². The van der Waals surface area contributed by atoms with Gasteiger partial charge in [-0.15, -0.1) is 0 Å². The second-order valence-electron chi connectivity index (χ2n) is 3.64. The van der Waals surface area contributed by atoms with Crippen molar-refractivity contribution in [3.05, 3.63) is 11.6 Å². The summed E-state index contributed by atoms with van der Waals surface area (Å²) in [7, 11) is 1.99. The van der Waals surface area contributed by atoms with Crippen molar-refractivity contribution in [2.75, 3.05) is 13.6 Å². The predicted octanol–water partition coefficient (Wildman–Crippen LogP) is 0.683. The average Bonchev–Trinajstić information content (AvgIpc) is 2.47. The number of nitrogens with zero attached hydrogens (tertiary/aromatic N) is 3. The van der Waals surface area contributed by atoms with Gasteiger partial charge in [-0.05, 0) is 26.8 Å². The summed E-state index contributed by atoms with van der Waals surface area (Å²) in [6.07, 6.45) is 2.46. The lowest BCUT2D eigenvalue weighted by molar-refractivity contribution is 0.407. The molecule has 1 unspecified atom stereocenters. The molecule has 1 N–H and O–H groups in total. The number of hydrogen-bond donors (Lipinski definition) is 1. The molecule has 2 heterocycles. The molecule has 1 atom stereocenters. The Kier molecular flexibility index (Phi) is 2.31. The summed E-state index contributed by atoms with van der Waals surface area (Å²) in [5.74, 6) is 2.62. The van der Waals surface area contributed by atoms with Crippen LogP contribution in [0.25, 0.3) is 0 Å². The number of rotatable bonds is 2. The molecule has 0 amide bonds. The van der Waals surface area contributed by atoms with E-state index in [1.807, 2.05) is 14.0 Å². The Bertz CT molecular complexity index is 292. The highest BCUT2D eigenvalue weighted by Crippen LogP contribution is 2.24. The lowest BCUT2D eigenvalue weighted by Gasteiger charge is -2.21. The molecule has 1 aromatic heterocycles. The van der Waals surface area contributed by atoms with Crippen LogP contribution in [0.3, 0.4) is 0 Å². The summed E-state index contributed by atoms with van der Waals surface area (Å²) in [5.41, 5.74) is 0. The van der Waals surface area contributed by atoms with E-state index in [4.69, 9.17) is 0 Å². The normalized spacial score (nSPS) is 21.5. The SMILES string of the molecule is CNCC1CCCn2nc(C)nc21. The number of fused-ring (bicyclic) bond motifs is 1. The smallest absolute Gasteiger partial charge is 0.147 e. The molecule has 0 aromatic carbocycles. The van der Waals surface area contributed by atoms with Crippen LogP contribution in [0.1, 0.15) is 30.4 Å². The van der Waals surface area contributed by atoms with Crippen LogP contribution in [0, 0.1) is 6.92 Å². The van der Waals surface area contributed by atoms with Crippen LogP contribution < -0.4 is 5.32 Å². The molecular formula is C9H16N4. The van der Waals surface area contributed by atoms with Crippen molar-refractivity contribution in [3.63, 3.8) is 0 Å². The molecule has 72 valence electrons. The van der Waals surface area contributed by atoms with E-state index in [0.29, 0.717) is 5.92 Å². The summed E-state index contributed by atoms with van der Waals surface area (Å²) >= 11 is 0. The van der Waals surface area contributed by atoms with Gasteiger partial charge in [-0.2, -0.15) is 5.10 Å². The number of hydrogen-bond acceptors (Lipinski definition) is 3. The molecule has 0 bridgehead atoms. The van der Waals surface area contributed by atoms with E-state index in [0.717, 1.165) is 24.7 Å². The van der Waals surface area contributed by atoms with E-state index < -0.39 is 0 Å². The van der Waals surface area contributed by atoms with E-state index in [9.17, 15) is 0 Å². The van der Waals surface area contributed by atoms with Crippen molar-refractivity contribution in [1.29, 1.82) is 0 Å². The monoisotopic (exact) mass is 180 g/mol. The minimum absolute atomic E-state index is 0.556. The summed E-state index contributed by atoms with van der Waals surface area (Å²) in [4.78, 5) is 4.46. The second-order valence-corrected chi connectivity index (χ2v) is 3.64. The summed E-state index contributed by atoms with van der Waals surface area (Å²) in [6.45, 7) is 4.01. The zero-order valence-electron chi connectivity index (χ0n) is 8.25. The summed E-state index contributed by atoms with van der Waals surface area (Å²) in [6, 6.07) is 0. The summed E-state index contributed by atoms with van der Waals surface area (Å²) in [5, 5.41) is 7.57. The first-order valence-corrected chi connectivity index (χ1v) is 4.87. The van der Waals surface area contributed by atoms with Gasteiger partial charge in [0.25, 0.3) is 0 Å². The van der Waals surface area contributed by atoms with Crippen molar-refractivity contribution >= 4 is 0 Å². The Balaban J connectivity index is 2.25. The molecule has 0 aliphatic carbocycles. The van der Waals surface area contributed by atoms with Crippen molar-refractivity contribution in [1.82, 2.24) is 20.1 Å². The van der Waals surface area contributed by atoms with E-state index >= 15 is 0 Å². The van der Waals surface area contributed by atoms with Gasteiger partial charge in [0.2, 0.25) is 0 Å². The molecule has 1 aromatic rings. The zero-order valence-corrected chi connectivity index (χ0v) is 8.25. The molecule has 0 saturated carbocycles. The molecule has 0 fully saturated rings. The van der Waals surface area contributed by atoms with Crippen molar-refractivity contribution in [3.8, 4) is 0 Å². The van der Waals surface area contributed by atoms with Crippen LogP contribution >= 0.6 is 0 Å². The Morgan fingerprint density at radius 3 is 3.23 bits per heavy atom. The topological polar surface area (TPSA) is 42.7 Å². The first kappa shape index (κ1) is 8.69. The molecule has 4 heteroatoms. The van der Waals surface area contributed by atoms with Gasteiger partial charge in [-0.3, -0.25) is 0 Å². The van der Waals surface area contributed by atoms with Gasteiger partial charge in [0.15, 0.2) is 0 Å². The van der Waals surface area contributed by atoms with Gasteiger partial charge in [0, 0.05) is 19.0 Å². The second kappa shape index (κ2) is 3.46. The third-order valence-electron chi connectivity index (χ3n) is 2.54. The summed E-state index contributed by atoms with van der Waals surface area (Å²) < 4.78 is 2.06. The van der Waals surface area contributed by atoms with Crippen LogP contribution in [-0.4, -0.2) is 28.4 Å². The van der Waals surface area contributed by atoms with Crippen LogP contribution in [0.5, 0.6) is 0 Å². The Hall–Kier alpha value is -0.900. The molecule has 0 radical (unpaired) electrons. The highest BCUT2D eigenvalue weighted by atomic mass is 15.4. The first-order chi connectivity index (χ1) is 6.31. The molecule has 1 aliphatic heterocycles. The number of nitrogens with one attached hydrogen (secondary N) is 1. The fourth-order valence-corrected chi connectivity index (χ4v) is 1.99. The molecular weight excluding hydrogens is 164 g/mol. The van der Waals surface area contributed by atoms with Gasteiger partial charge in [0.05, 0.1) is 0 Å². The lowest BCUT2D eigenvalue weighted by Crippen LogP contribution is -2.25. The fraction of sp³-hybridized carbons (Fsp3) is 0.778. The zero-order chi connectivity index (χ0) is 9.26. The molecule has 4 nitrogen and oxygen atoms in total. The molecule has 13 heavy (non-hydrogen) atoms. The lowest BCUT2D eigenvalue weighted by atomic mass is 9.99. The van der Waals surface area contributed by atoms with Crippen LogP contribution in [0.15, 0.2) is 0 Å². The predicted molar refractivity (Wildman–Crippen MR) is 50.7 cm³/mol. The van der Waals surface area contributed by atoms with Gasteiger partial charge in [-0.1, -0.05) is 0 Å². The van der Waals surface area contributed by atoms with E-state index in [1.165, 1.54) is 12.8 Å². The molecule has 1 aliphatic rings. The first-order valence-electron chi connectivity index (χ1n) is 4.87. The molecule has 0 spiro atoms. The van der Waals surface area contributed by atoms with E-state index in [1.54, 1.807) is 0 Å². The maximum atomic E-state index is 4.46. The van der Waals surface area contributed by atoms with Gasteiger partial charge < -0.3 is 5.32 Å². The maximum absolute atomic E-state index is 4.46. The third-order valence-corrected chi connectivity index (χ3v) is 2.54. The average molecular weight is 180 g/mol. The third kappa shape index (κ3) is 1.58. The highest BCUT2D eigenvalue weighted by Gasteiger charge is 2.22. The Labute approximate surface area is 78.4 Å². The van der Waals surface area contributed by atoms with Crippen molar-refractivity contribution in [2.45, 2.75) is 32.2 Å². The van der Waals surface area contributed by atoms with E-state index in [-0.39, 0.29) is 0 Å². The van der Waals surface area contributed by atoms with Gasteiger partial charge in [-0.25, -0.2) is 9.67 Å². The number of likely N-dealkylation sites (N-methyl/N-ethyl adjacent to an activating group) is 1. The van der Waals surface area contributed by atoms with Crippen molar-refractivity contribution in [2.24, 2.45) is 0 Å².